The third kappa shape index (κ3) is 4.37. The highest BCUT2D eigenvalue weighted by Gasteiger charge is 2.26. The zero-order chi connectivity index (χ0) is 21.3. The van der Waals surface area contributed by atoms with Gasteiger partial charge in [0.1, 0.15) is 0 Å². The molecule has 0 bridgehead atoms. The van der Waals surface area contributed by atoms with Crippen molar-refractivity contribution >= 4 is 38.1 Å². The van der Waals surface area contributed by atoms with Gasteiger partial charge in [0.2, 0.25) is 5.91 Å². The number of aryl methyl sites for hydroxylation is 1. The minimum atomic E-state index is -3.54. The van der Waals surface area contributed by atoms with Crippen LogP contribution in [0.15, 0.2) is 53.8 Å². The second-order valence-corrected chi connectivity index (χ2v) is 10.4. The highest BCUT2D eigenvalue weighted by molar-refractivity contribution is 7.91. The maximum absolute atomic E-state index is 12.8. The molecule has 2 heterocycles. The molecule has 0 spiro atoms. The molecule has 158 valence electrons. The first kappa shape index (κ1) is 20.9. The van der Waals surface area contributed by atoms with Gasteiger partial charge < -0.3 is 9.47 Å². The zero-order valence-corrected chi connectivity index (χ0v) is 18.4. The molecule has 2 aromatic carbocycles. The Morgan fingerprint density at radius 1 is 1.13 bits per heavy atom. The number of sulfone groups is 1. The fourth-order valence-corrected chi connectivity index (χ4v) is 5.51. The van der Waals surface area contributed by atoms with Gasteiger partial charge in [0.25, 0.3) is 0 Å². The summed E-state index contributed by atoms with van der Waals surface area (Å²) in [5.41, 5.74) is 1.18. The highest BCUT2D eigenvalue weighted by Crippen LogP contribution is 2.28. The zero-order valence-electron chi connectivity index (χ0n) is 16.8. The lowest BCUT2D eigenvalue weighted by molar-refractivity contribution is -0.131. The van der Waals surface area contributed by atoms with Crippen LogP contribution in [0.25, 0.3) is 10.8 Å². The predicted octanol–water partition coefficient (Wildman–Crippen LogP) is 3.80. The van der Waals surface area contributed by atoms with E-state index in [1.54, 1.807) is 47.6 Å². The lowest BCUT2D eigenvalue weighted by atomic mass is 9.93. The van der Waals surface area contributed by atoms with E-state index >= 15 is 0 Å². The van der Waals surface area contributed by atoms with Crippen LogP contribution in [0.4, 0.5) is 0 Å². The normalized spacial score (nSPS) is 15.6. The summed E-state index contributed by atoms with van der Waals surface area (Å²) in [5.74, 6) is 0.0954. The third-order valence-corrected chi connectivity index (χ3v) is 7.79. The Morgan fingerprint density at radius 3 is 2.53 bits per heavy atom. The first-order chi connectivity index (χ1) is 14.3. The van der Waals surface area contributed by atoms with Crippen LogP contribution in [0.1, 0.15) is 30.9 Å². The summed E-state index contributed by atoms with van der Waals surface area (Å²) in [6.07, 6.45) is 5.40. The van der Waals surface area contributed by atoms with Crippen molar-refractivity contribution in [3.63, 3.8) is 0 Å². The lowest BCUT2D eigenvalue weighted by Crippen LogP contribution is -2.38. The van der Waals surface area contributed by atoms with E-state index in [2.05, 4.69) is 4.98 Å². The number of likely N-dealkylation sites (tertiary alicyclic amines) is 1. The van der Waals surface area contributed by atoms with Gasteiger partial charge in [-0.05, 0) is 47.9 Å². The van der Waals surface area contributed by atoms with Crippen LogP contribution in [0, 0.1) is 0 Å². The van der Waals surface area contributed by atoms with Crippen LogP contribution < -0.4 is 0 Å². The molecule has 6 nitrogen and oxygen atoms in total. The van der Waals surface area contributed by atoms with E-state index in [1.807, 2.05) is 17.8 Å². The molecule has 1 fully saturated rings. The number of fused-ring (bicyclic) bond motifs is 1. The standard InChI is InChI=1S/C22H24ClN3O3S/c1-25-15-24-14-21(25)16-6-9-26(10-7-16)22(27)8-11-30(28,29)20-5-3-17-12-19(23)4-2-18(17)13-20/h2-5,12-16H,6-11H2,1H3. The van der Waals surface area contributed by atoms with Crippen molar-refractivity contribution in [2.75, 3.05) is 18.8 Å². The first-order valence-electron chi connectivity index (χ1n) is 9.99. The second-order valence-electron chi connectivity index (χ2n) is 7.81. The molecular formula is C22H24ClN3O3S. The van der Waals surface area contributed by atoms with Gasteiger partial charge in [0.05, 0.1) is 17.0 Å². The Kier molecular flexibility index (Phi) is 5.84. The fraction of sp³-hybridized carbons (Fsp3) is 0.364. The van der Waals surface area contributed by atoms with E-state index in [9.17, 15) is 13.2 Å². The van der Waals surface area contributed by atoms with E-state index in [0.29, 0.717) is 24.0 Å². The monoisotopic (exact) mass is 445 g/mol. The molecule has 0 atom stereocenters. The first-order valence-corrected chi connectivity index (χ1v) is 12.0. The summed E-state index contributed by atoms with van der Waals surface area (Å²) in [6.45, 7) is 1.29. The van der Waals surface area contributed by atoms with E-state index in [0.717, 1.165) is 23.6 Å². The molecule has 1 aliphatic heterocycles. The predicted molar refractivity (Wildman–Crippen MR) is 117 cm³/mol. The number of piperidine rings is 1. The number of hydrogen-bond donors (Lipinski definition) is 0. The molecule has 8 heteroatoms. The van der Waals surface area contributed by atoms with E-state index in [4.69, 9.17) is 11.6 Å². The SMILES string of the molecule is Cn1cncc1C1CCN(C(=O)CCS(=O)(=O)c2ccc3cc(Cl)ccc3c2)CC1. The number of nitrogens with zero attached hydrogens (tertiary/aromatic N) is 3. The van der Waals surface area contributed by atoms with Crippen LogP contribution in [-0.2, 0) is 21.7 Å². The van der Waals surface area contributed by atoms with Crippen LogP contribution in [0.5, 0.6) is 0 Å². The average molecular weight is 446 g/mol. The molecule has 1 saturated heterocycles. The minimum absolute atomic E-state index is 0.00261. The molecule has 30 heavy (non-hydrogen) atoms. The van der Waals surface area contributed by atoms with Crippen molar-refractivity contribution < 1.29 is 13.2 Å². The van der Waals surface area contributed by atoms with Gasteiger partial charge in [-0.2, -0.15) is 0 Å². The number of carbonyl (C=O) groups is 1. The summed E-state index contributed by atoms with van der Waals surface area (Å²) in [6, 6.07) is 10.3. The van der Waals surface area contributed by atoms with Crippen LogP contribution in [-0.4, -0.2) is 47.6 Å². The minimum Gasteiger partial charge on any atom is -0.343 e. The number of imidazole rings is 1. The van der Waals surface area contributed by atoms with E-state index in [1.165, 1.54) is 5.69 Å². The summed E-state index contributed by atoms with van der Waals surface area (Å²) >= 11 is 5.99. The maximum Gasteiger partial charge on any atom is 0.223 e. The quantitative estimate of drug-likeness (QED) is 0.598. The number of aromatic nitrogens is 2. The van der Waals surface area contributed by atoms with Gasteiger partial charge in [-0.3, -0.25) is 4.79 Å². The Hall–Kier alpha value is -2.38. The van der Waals surface area contributed by atoms with Crippen LogP contribution in [0.3, 0.4) is 0 Å². The Bertz CT molecular complexity index is 1180. The van der Waals surface area contributed by atoms with Crippen molar-refractivity contribution in [1.29, 1.82) is 0 Å². The molecule has 1 amide bonds. The average Bonchev–Trinajstić information content (AvgIpc) is 3.17. The molecule has 0 N–H and O–H groups in total. The largest absolute Gasteiger partial charge is 0.343 e. The van der Waals surface area contributed by atoms with Gasteiger partial charge in [-0.25, -0.2) is 13.4 Å². The molecule has 0 saturated carbocycles. The highest BCUT2D eigenvalue weighted by atomic mass is 35.5. The summed E-state index contributed by atoms with van der Waals surface area (Å²) in [4.78, 5) is 18.8. The molecule has 0 unspecified atom stereocenters. The smallest absolute Gasteiger partial charge is 0.223 e. The van der Waals surface area contributed by atoms with Crippen LogP contribution >= 0.6 is 11.6 Å². The van der Waals surface area contributed by atoms with Crippen molar-refractivity contribution in [1.82, 2.24) is 14.5 Å². The molecule has 0 aliphatic carbocycles. The molecule has 1 aromatic heterocycles. The van der Waals surface area contributed by atoms with Crippen molar-refractivity contribution in [2.24, 2.45) is 7.05 Å². The molecule has 0 radical (unpaired) electrons. The number of rotatable bonds is 5. The second kappa shape index (κ2) is 8.40. The lowest BCUT2D eigenvalue weighted by Gasteiger charge is -2.32. The van der Waals surface area contributed by atoms with Crippen molar-refractivity contribution in [2.45, 2.75) is 30.1 Å². The topological polar surface area (TPSA) is 72.3 Å². The maximum atomic E-state index is 12.8. The van der Waals surface area contributed by atoms with Gasteiger partial charge in [0.15, 0.2) is 9.84 Å². The number of hydrogen-bond acceptors (Lipinski definition) is 4. The molecule has 4 rings (SSSR count). The van der Waals surface area contributed by atoms with E-state index < -0.39 is 9.84 Å². The molecule has 1 aliphatic rings. The summed E-state index contributed by atoms with van der Waals surface area (Å²) in [5, 5.41) is 2.30. The van der Waals surface area contributed by atoms with Gasteiger partial charge in [-0.1, -0.05) is 23.7 Å². The van der Waals surface area contributed by atoms with Gasteiger partial charge in [0, 0.05) is 49.4 Å². The number of halogens is 1. The third-order valence-electron chi connectivity index (χ3n) is 5.84. The van der Waals surface area contributed by atoms with Crippen molar-refractivity contribution in [3.05, 3.63) is 59.6 Å². The van der Waals surface area contributed by atoms with E-state index in [-0.39, 0.29) is 23.0 Å². The van der Waals surface area contributed by atoms with Gasteiger partial charge >= 0.3 is 0 Å². The number of amides is 1. The van der Waals surface area contributed by atoms with Crippen LogP contribution in [0.2, 0.25) is 5.02 Å². The number of carbonyl (C=O) groups excluding carboxylic acids is 1. The van der Waals surface area contributed by atoms with Crippen molar-refractivity contribution in [3.8, 4) is 0 Å². The molecule has 3 aromatic rings. The molecular weight excluding hydrogens is 422 g/mol. The summed E-state index contributed by atoms with van der Waals surface area (Å²) in [7, 11) is -1.56. The van der Waals surface area contributed by atoms with Gasteiger partial charge in [-0.15, -0.1) is 0 Å². The Morgan fingerprint density at radius 2 is 1.83 bits per heavy atom. The summed E-state index contributed by atoms with van der Waals surface area (Å²) < 4.78 is 27.6. The number of benzene rings is 2. The Balaban J connectivity index is 1.36. The Labute approximate surface area is 181 Å². The fourth-order valence-electron chi connectivity index (χ4n) is 4.07.